The third-order valence-corrected chi connectivity index (χ3v) is 3.04. The van der Waals surface area contributed by atoms with E-state index in [2.05, 4.69) is 14.9 Å². The molecule has 1 aliphatic heterocycles. The molecule has 0 bridgehead atoms. The summed E-state index contributed by atoms with van der Waals surface area (Å²) in [7, 11) is 0. The highest BCUT2D eigenvalue weighted by atomic mass is 16.1. The third kappa shape index (κ3) is 3.04. The molecule has 0 spiro atoms. The van der Waals surface area contributed by atoms with Crippen molar-refractivity contribution in [2.24, 2.45) is 5.73 Å². The largest absolute Gasteiger partial charge is 0.349 e. The highest BCUT2D eigenvalue weighted by Crippen LogP contribution is 2.07. The smallest absolute Gasteiger partial charge is 0.290 e. The van der Waals surface area contributed by atoms with Crippen LogP contribution >= 0.6 is 0 Å². The Hall–Kier alpha value is -1.40. The van der Waals surface area contributed by atoms with Crippen LogP contribution in [0.4, 0.5) is 5.82 Å². The number of H-pyrrole nitrogens is 1. The topological polar surface area (TPSA) is 78.2 Å². The molecule has 1 aromatic heterocycles. The first-order chi connectivity index (χ1) is 8.31. The summed E-state index contributed by atoms with van der Waals surface area (Å²) in [5.41, 5.74) is 5.38. The Labute approximate surface area is 100 Å². The Bertz CT molecular complexity index is 397. The van der Waals surface area contributed by atoms with E-state index in [-0.39, 0.29) is 5.56 Å². The molecule has 1 aromatic rings. The van der Waals surface area contributed by atoms with Gasteiger partial charge in [-0.3, -0.25) is 9.69 Å². The van der Waals surface area contributed by atoms with Crippen molar-refractivity contribution in [1.82, 2.24) is 14.9 Å². The molecule has 1 fully saturated rings. The van der Waals surface area contributed by atoms with E-state index >= 15 is 0 Å². The second-order valence-corrected chi connectivity index (χ2v) is 4.21. The van der Waals surface area contributed by atoms with Gasteiger partial charge in [-0.2, -0.15) is 0 Å². The predicted molar refractivity (Wildman–Crippen MR) is 67.2 cm³/mol. The van der Waals surface area contributed by atoms with E-state index in [0.29, 0.717) is 5.82 Å². The molecule has 0 aliphatic carbocycles. The number of nitrogens with two attached hydrogens (primary N) is 1. The SMILES string of the molecule is NCCCN1CCN(c2ncc[nH]c2=O)CC1. The Morgan fingerprint density at radius 3 is 2.76 bits per heavy atom. The molecule has 1 aliphatic rings. The lowest BCUT2D eigenvalue weighted by atomic mass is 10.3. The van der Waals surface area contributed by atoms with Crippen molar-refractivity contribution in [1.29, 1.82) is 0 Å². The van der Waals surface area contributed by atoms with E-state index in [1.807, 2.05) is 4.90 Å². The minimum atomic E-state index is -0.108. The highest BCUT2D eigenvalue weighted by Gasteiger charge is 2.19. The lowest BCUT2D eigenvalue weighted by Gasteiger charge is -2.34. The number of aromatic nitrogens is 2. The minimum absolute atomic E-state index is 0.108. The van der Waals surface area contributed by atoms with Crippen LogP contribution < -0.4 is 16.2 Å². The number of hydrogen-bond donors (Lipinski definition) is 2. The molecule has 94 valence electrons. The molecule has 0 unspecified atom stereocenters. The number of rotatable bonds is 4. The number of hydrogen-bond acceptors (Lipinski definition) is 5. The second-order valence-electron chi connectivity index (χ2n) is 4.21. The summed E-state index contributed by atoms with van der Waals surface area (Å²) in [4.78, 5) is 22.8. The van der Waals surface area contributed by atoms with E-state index < -0.39 is 0 Å². The second kappa shape index (κ2) is 5.79. The van der Waals surface area contributed by atoms with Gasteiger partial charge in [0, 0.05) is 38.6 Å². The first kappa shape index (κ1) is 12.1. The fourth-order valence-electron chi connectivity index (χ4n) is 2.07. The van der Waals surface area contributed by atoms with Crippen LogP contribution in [-0.4, -0.2) is 54.1 Å². The van der Waals surface area contributed by atoms with Crippen molar-refractivity contribution in [3.63, 3.8) is 0 Å². The van der Waals surface area contributed by atoms with Gasteiger partial charge in [-0.15, -0.1) is 0 Å². The molecule has 0 atom stereocenters. The molecule has 0 saturated carbocycles. The van der Waals surface area contributed by atoms with Gasteiger partial charge in [0.1, 0.15) is 0 Å². The Morgan fingerprint density at radius 1 is 1.35 bits per heavy atom. The van der Waals surface area contributed by atoms with Crippen LogP contribution in [0.15, 0.2) is 17.2 Å². The Balaban J connectivity index is 1.91. The van der Waals surface area contributed by atoms with Crippen LogP contribution in [0, 0.1) is 0 Å². The maximum atomic E-state index is 11.6. The molecule has 0 radical (unpaired) electrons. The van der Waals surface area contributed by atoms with Gasteiger partial charge in [0.25, 0.3) is 5.56 Å². The van der Waals surface area contributed by atoms with Crippen LogP contribution in [0.5, 0.6) is 0 Å². The normalized spacial score (nSPS) is 17.4. The number of aromatic amines is 1. The summed E-state index contributed by atoms with van der Waals surface area (Å²) in [6.07, 6.45) is 4.21. The third-order valence-electron chi connectivity index (χ3n) is 3.04. The van der Waals surface area contributed by atoms with Crippen molar-refractivity contribution < 1.29 is 0 Å². The monoisotopic (exact) mass is 237 g/mol. The van der Waals surface area contributed by atoms with Crippen molar-refractivity contribution in [2.45, 2.75) is 6.42 Å². The molecule has 0 aromatic carbocycles. The standard InChI is InChI=1S/C11H19N5O/c12-2-1-5-15-6-8-16(9-7-15)10-11(17)14-4-3-13-10/h3-4H,1-2,5-9,12H2,(H,14,17). The summed E-state index contributed by atoms with van der Waals surface area (Å²) in [5, 5.41) is 0. The number of piperazine rings is 1. The van der Waals surface area contributed by atoms with E-state index in [1.54, 1.807) is 12.4 Å². The lowest BCUT2D eigenvalue weighted by Crippen LogP contribution is -2.48. The van der Waals surface area contributed by atoms with Gasteiger partial charge in [0.2, 0.25) is 0 Å². The number of nitrogens with one attached hydrogen (secondary N) is 1. The summed E-state index contributed by atoms with van der Waals surface area (Å²) >= 11 is 0. The zero-order chi connectivity index (χ0) is 12.1. The molecule has 2 rings (SSSR count). The highest BCUT2D eigenvalue weighted by molar-refractivity contribution is 5.35. The van der Waals surface area contributed by atoms with Crippen LogP contribution in [-0.2, 0) is 0 Å². The van der Waals surface area contributed by atoms with E-state index in [4.69, 9.17) is 5.73 Å². The zero-order valence-electron chi connectivity index (χ0n) is 9.93. The average molecular weight is 237 g/mol. The van der Waals surface area contributed by atoms with Gasteiger partial charge >= 0.3 is 0 Å². The minimum Gasteiger partial charge on any atom is -0.349 e. The maximum Gasteiger partial charge on any atom is 0.290 e. The Morgan fingerprint density at radius 2 is 2.12 bits per heavy atom. The number of anilines is 1. The average Bonchev–Trinajstić information content (AvgIpc) is 2.38. The molecule has 2 heterocycles. The van der Waals surface area contributed by atoms with Crippen molar-refractivity contribution >= 4 is 5.82 Å². The van der Waals surface area contributed by atoms with Gasteiger partial charge in [0.15, 0.2) is 5.82 Å². The van der Waals surface area contributed by atoms with Crippen LogP contribution in [0.2, 0.25) is 0 Å². The van der Waals surface area contributed by atoms with E-state index in [9.17, 15) is 4.79 Å². The van der Waals surface area contributed by atoms with Gasteiger partial charge in [0.05, 0.1) is 0 Å². The summed E-state index contributed by atoms with van der Waals surface area (Å²) in [6, 6.07) is 0. The van der Waals surface area contributed by atoms with Crippen LogP contribution in [0.3, 0.4) is 0 Å². The zero-order valence-corrected chi connectivity index (χ0v) is 9.93. The van der Waals surface area contributed by atoms with Crippen molar-refractivity contribution in [2.75, 3.05) is 44.2 Å². The molecular formula is C11H19N5O. The first-order valence-electron chi connectivity index (χ1n) is 6.02. The molecule has 6 heteroatoms. The Kier molecular flexibility index (Phi) is 4.11. The van der Waals surface area contributed by atoms with Crippen molar-refractivity contribution in [3.8, 4) is 0 Å². The van der Waals surface area contributed by atoms with Crippen molar-refractivity contribution in [3.05, 3.63) is 22.7 Å². The fraction of sp³-hybridized carbons (Fsp3) is 0.636. The van der Waals surface area contributed by atoms with Gasteiger partial charge in [-0.1, -0.05) is 0 Å². The van der Waals surface area contributed by atoms with Gasteiger partial charge in [-0.05, 0) is 19.5 Å². The fourth-order valence-corrected chi connectivity index (χ4v) is 2.07. The molecule has 0 amide bonds. The van der Waals surface area contributed by atoms with E-state index in [1.165, 1.54) is 0 Å². The van der Waals surface area contributed by atoms with E-state index in [0.717, 1.165) is 45.7 Å². The molecule has 3 N–H and O–H groups in total. The lowest BCUT2D eigenvalue weighted by molar-refractivity contribution is 0.255. The predicted octanol–water partition coefficient (Wildman–Crippen LogP) is -0.759. The summed E-state index contributed by atoms with van der Waals surface area (Å²) in [6.45, 7) is 5.42. The summed E-state index contributed by atoms with van der Waals surface area (Å²) in [5.74, 6) is 0.533. The molecule has 6 nitrogen and oxygen atoms in total. The van der Waals surface area contributed by atoms with Gasteiger partial charge < -0.3 is 15.6 Å². The maximum absolute atomic E-state index is 11.6. The molecule has 17 heavy (non-hydrogen) atoms. The molecule has 1 saturated heterocycles. The first-order valence-corrected chi connectivity index (χ1v) is 6.02. The molecular weight excluding hydrogens is 218 g/mol. The van der Waals surface area contributed by atoms with Crippen LogP contribution in [0.1, 0.15) is 6.42 Å². The number of nitrogens with zero attached hydrogens (tertiary/aromatic N) is 3. The van der Waals surface area contributed by atoms with Crippen LogP contribution in [0.25, 0.3) is 0 Å². The quantitative estimate of drug-likeness (QED) is 0.720. The summed E-state index contributed by atoms with van der Waals surface area (Å²) < 4.78 is 0. The van der Waals surface area contributed by atoms with Gasteiger partial charge in [-0.25, -0.2) is 4.98 Å².